The van der Waals surface area contributed by atoms with Gasteiger partial charge in [0.15, 0.2) is 0 Å². The maximum Gasteiger partial charge on any atom is 0.314 e. The van der Waals surface area contributed by atoms with Crippen LogP contribution in [0.3, 0.4) is 0 Å². The van der Waals surface area contributed by atoms with E-state index >= 15 is 0 Å². The lowest BCUT2D eigenvalue weighted by atomic mass is 10.1. The molecule has 17 heavy (non-hydrogen) atoms. The van der Waals surface area contributed by atoms with Crippen LogP contribution in [0.15, 0.2) is 24.4 Å². The number of nitrogens with zero attached hydrogens (tertiary/aromatic N) is 1. The van der Waals surface area contributed by atoms with Gasteiger partial charge in [0.25, 0.3) is 0 Å². The second-order valence-corrected chi connectivity index (χ2v) is 4.11. The fourth-order valence-electron chi connectivity index (χ4n) is 1.16. The van der Waals surface area contributed by atoms with E-state index in [4.69, 9.17) is 0 Å². The van der Waals surface area contributed by atoms with Crippen molar-refractivity contribution in [2.24, 2.45) is 5.92 Å². The standard InChI is InChI=1S/C12H17N3O2/c1-9(2)6-8-14-11(16)12(17)15-10-5-3-4-7-13-10/h3-5,7,9H,6,8H2,1-2H3,(H,14,16)(H,13,15,17). The number of amides is 2. The van der Waals surface area contributed by atoms with E-state index in [-0.39, 0.29) is 0 Å². The summed E-state index contributed by atoms with van der Waals surface area (Å²) in [6, 6.07) is 5.09. The maximum absolute atomic E-state index is 11.4. The van der Waals surface area contributed by atoms with Crippen LogP contribution in [0.2, 0.25) is 0 Å². The first-order chi connectivity index (χ1) is 8.09. The third-order valence-electron chi connectivity index (χ3n) is 2.12. The molecule has 1 aromatic heterocycles. The number of hydrogen-bond donors (Lipinski definition) is 2. The molecule has 92 valence electrons. The van der Waals surface area contributed by atoms with Crippen LogP contribution in [0.25, 0.3) is 0 Å². The van der Waals surface area contributed by atoms with Crippen molar-refractivity contribution in [3.8, 4) is 0 Å². The number of carbonyl (C=O) groups is 2. The van der Waals surface area contributed by atoms with Crippen molar-refractivity contribution in [2.75, 3.05) is 11.9 Å². The highest BCUT2D eigenvalue weighted by molar-refractivity contribution is 6.39. The number of carbonyl (C=O) groups excluding carboxylic acids is 2. The highest BCUT2D eigenvalue weighted by atomic mass is 16.2. The minimum Gasteiger partial charge on any atom is -0.348 e. The third-order valence-corrected chi connectivity index (χ3v) is 2.12. The Labute approximate surface area is 101 Å². The summed E-state index contributed by atoms with van der Waals surface area (Å²) in [6.07, 6.45) is 2.40. The molecule has 0 bridgehead atoms. The fraction of sp³-hybridized carbons (Fsp3) is 0.417. The van der Waals surface area contributed by atoms with E-state index in [0.29, 0.717) is 18.3 Å². The van der Waals surface area contributed by atoms with E-state index in [2.05, 4.69) is 29.5 Å². The molecule has 0 aliphatic rings. The monoisotopic (exact) mass is 235 g/mol. The first kappa shape index (κ1) is 13.2. The SMILES string of the molecule is CC(C)CCNC(=O)C(=O)Nc1ccccn1. The van der Waals surface area contributed by atoms with Gasteiger partial charge in [-0.05, 0) is 24.5 Å². The zero-order valence-corrected chi connectivity index (χ0v) is 10.1. The van der Waals surface area contributed by atoms with E-state index in [0.717, 1.165) is 6.42 Å². The molecule has 0 aliphatic carbocycles. The number of nitrogens with one attached hydrogen (secondary N) is 2. The zero-order valence-electron chi connectivity index (χ0n) is 10.1. The van der Waals surface area contributed by atoms with Crippen molar-refractivity contribution >= 4 is 17.6 Å². The molecule has 1 rings (SSSR count). The number of anilines is 1. The zero-order chi connectivity index (χ0) is 12.7. The van der Waals surface area contributed by atoms with Gasteiger partial charge in [-0.15, -0.1) is 0 Å². The summed E-state index contributed by atoms with van der Waals surface area (Å²) in [4.78, 5) is 26.7. The lowest BCUT2D eigenvalue weighted by molar-refractivity contribution is -0.136. The van der Waals surface area contributed by atoms with Crippen molar-refractivity contribution in [1.82, 2.24) is 10.3 Å². The molecule has 0 unspecified atom stereocenters. The van der Waals surface area contributed by atoms with Gasteiger partial charge < -0.3 is 10.6 Å². The molecule has 0 saturated carbocycles. The Kier molecular flexibility index (Phi) is 5.13. The molecular weight excluding hydrogens is 218 g/mol. The van der Waals surface area contributed by atoms with Gasteiger partial charge in [-0.2, -0.15) is 0 Å². The Balaban J connectivity index is 2.35. The normalized spacial score (nSPS) is 10.1. The first-order valence-electron chi connectivity index (χ1n) is 5.60. The Morgan fingerprint density at radius 2 is 2.06 bits per heavy atom. The molecule has 0 radical (unpaired) electrons. The van der Waals surface area contributed by atoms with Gasteiger partial charge >= 0.3 is 11.8 Å². The van der Waals surface area contributed by atoms with Gasteiger partial charge in [0.05, 0.1) is 0 Å². The molecule has 1 heterocycles. The van der Waals surface area contributed by atoms with Gasteiger partial charge in [-0.25, -0.2) is 4.98 Å². The first-order valence-corrected chi connectivity index (χ1v) is 5.60. The number of rotatable bonds is 4. The average molecular weight is 235 g/mol. The molecular formula is C12H17N3O2. The van der Waals surface area contributed by atoms with Crippen molar-refractivity contribution in [3.05, 3.63) is 24.4 Å². The minimum atomic E-state index is -0.688. The van der Waals surface area contributed by atoms with Crippen molar-refractivity contribution in [2.45, 2.75) is 20.3 Å². The number of hydrogen-bond acceptors (Lipinski definition) is 3. The van der Waals surface area contributed by atoms with E-state index < -0.39 is 11.8 Å². The van der Waals surface area contributed by atoms with E-state index in [9.17, 15) is 9.59 Å². The van der Waals surface area contributed by atoms with Crippen LogP contribution in [0.4, 0.5) is 5.82 Å². The molecule has 0 atom stereocenters. The molecule has 0 aromatic carbocycles. The lowest BCUT2D eigenvalue weighted by Gasteiger charge is -2.07. The van der Waals surface area contributed by atoms with Crippen LogP contribution >= 0.6 is 0 Å². The Hall–Kier alpha value is -1.91. The van der Waals surface area contributed by atoms with Crippen molar-refractivity contribution in [3.63, 3.8) is 0 Å². The second kappa shape index (κ2) is 6.62. The fourth-order valence-corrected chi connectivity index (χ4v) is 1.16. The second-order valence-electron chi connectivity index (χ2n) is 4.11. The highest BCUT2D eigenvalue weighted by Crippen LogP contribution is 1.99. The van der Waals surface area contributed by atoms with Gasteiger partial charge in [-0.1, -0.05) is 19.9 Å². The molecule has 0 saturated heterocycles. The Morgan fingerprint density at radius 3 is 2.65 bits per heavy atom. The van der Waals surface area contributed by atoms with Gasteiger partial charge in [0.1, 0.15) is 5.82 Å². The average Bonchev–Trinajstić information content (AvgIpc) is 2.29. The van der Waals surface area contributed by atoms with Crippen molar-refractivity contribution < 1.29 is 9.59 Å². The van der Waals surface area contributed by atoms with Crippen LogP contribution in [0.5, 0.6) is 0 Å². The van der Waals surface area contributed by atoms with Crippen LogP contribution in [-0.2, 0) is 9.59 Å². The lowest BCUT2D eigenvalue weighted by Crippen LogP contribution is -2.36. The third kappa shape index (κ3) is 5.10. The molecule has 2 amide bonds. The van der Waals surface area contributed by atoms with Crippen molar-refractivity contribution in [1.29, 1.82) is 0 Å². The topological polar surface area (TPSA) is 71.1 Å². The summed E-state index contributed by atoms with van der Waals surface area (Å²) in [6.45, 7) is 4.62. The van der Waals surface area contributed by atoms with Crippen LogP contribution in [-0.4, -0.2) is 23.3 Å². The molecule has 1 aromatic rings. The van der Waals surface area contributed by atoms with Gasteiger partial charge in [0, 0.05) is 12.7 Å². The minimum absolute atomic E-state index is 0.372. The summed E-state index contributed by atoms with van der Waals surface area (Å²) in [5.74, 6) is -0.450. The smallest absolute Gasteiger partial charge is 0.314 e. The molecule has 5 nitrogen and oxygen atoms in total. The van der Waals surface area contributed by atoms with E-state index in [1.54, 1.807) is 24.4 Å². The van der Waals surface area contributed by atoms with E-state index in [1.165, 1.54) is 0 Å². The summed E-state index contributed by atoms with van der Waals surface area (Å²) >= 11 is 0. The predicted octanol–water partition coefficient (Wildman–Crippen LogP) is 1.18. The molecule has 0 fully saturated rings. The molecule has 2 N–H and O–H groups in total. The van der Waals surface area contributed by atoms with Gasteiger partial charge in [-0.3, -0.25) is 9.59 Å². The molecule has 0 aliphatic heterocycles. The highest BCUT2D eigenvalue weighted by Gasteiger charge is 2.13. The Bertz CT molecular complexity index is 377. The number of pyridine rings is 1. The summed E-state index contributed by atoms with van der Waals surface area (Å²) < 4.78 is 0. The number of aromatic nitrogens is 1. The molecule has 5 heteroatoms. The van der Waals surface area contributed by atoms with Crippen LogP contribution in [0, 0.1) is 5.92 Å². The van der Waals surface area contributed by atoms with Gasteiger partial charge in [0.2, 0.25) is 0 Å². The van der Waals surface area contributed by atoms with Crippen LogP contribution < -0.4 is 10.6 Å². The van der Waals surface area contributed by atoms with Crippen LogP contribution in [0.1, 0.15) is 20.3 Å². The summed E-state index contributed by atoms with van der Waals surface area (Å²) in [7, 11) is 0. The quantitative estimate of drug-likeness (QED) is 0.770. The largest absolute Gasteiger partial charge is 0.348 e. The maximum atomic E-state index is 11.4. The summed E-state index contributed by atoms with van der Waals surface area (Å²) in [5.41, 5.74) is 0. The predicted molar refractivity (Wildman–Crippen MR) is 65.3 cm³/mol. The molecule has 0 spiro atoms. The summed E-state index contributed by atoms with van der Waals surface area (Å²) in [5, 5.41) is 4.97. The Morgan fingerprint density at radius 1 is 1.29 bits per heavy atom. The van der Waals surface area contributed by atoms with E-state index in [1.807, 2.05) is 0 Å².